The third-order valence-corrected chi connectivity index (χ3v) is 2.08. The topological polar surface area (TPSA) is 52.4 Å². The fraction of sp³-hybridized carbons (Fsp3) is 0.143. The van der Waals surface area contributed by atoms with Crippen molar-refractivity contribution in [3.8, 4) is 5.75 Å². The fourth-order valence-corrected chi connectivity index (χ4v) is 1.34. The Balaban J connectivity index is 3.24. The lowest BCUT2D eigenvalue weighted by Gasteiger charge is -2.09. The summed E-state index contributed by atoms with van der Waals surface area (Å²) in [5.74, 6) is -2.93. The quantitative estimate of drug-likeness (QED) is 0.478. The summed E-state index contributed by atoms with van der Waals surface area (Å²) in [5.41, 5.74) is -1.11. The van der Waals surface area contributed by atoms with E-state index < -0.39 is 28.5 Å². The van der Waals surface area contributed by atoms with Crippen molar-refractivity contribution < 1.29 is 27.2 Å². The average Bonchev–Trinajstić information content (AvgIpc) is 2.07. The maximum absolute atomic E-state index is 13.2. The Kier molecular flexibility index (Phi) is 3.36. The van der Waals surface area contributed by atoms with Gasteiger partial charge < -0.3 is 4.74 Å². The third kappa shape index (κ3) is 2.81. The van der Waals surface area contributed by atoms with E-state index in [-0.39, 0.29) is 4.47 Å². The molecule has 0 saturated carbocycles. The molecule has 0 radical (unpaired) electrons. The highest BCUT2D eigenvalue weighted by molar-refractivity contribution is 9.10. The molecule has 0 aliphatic carbocycles. The Bertz CT molecular complexity index is 434. The first kappa shape index (κ1) is 12.7. The minimum atomic E-state index is -5.11. The van der Waals surface area contributed by atoms with Crippen LogP contribution in [-0.2, 0) is 0 Å². The summed E-state index contributed by atoms with van der Waals surface area (Å²) in [6, 6.07) is 1.53. The van der Waals surface area contributed by atoms with E-state index in [4.69, 9.17) is 0 Å². The van der Waals surface area contributed by atoms with E-state index in [2.05, 4.69) is 20.7 Å². The highest BCUT2D eigenvalue weighted by atomic mass is 79.9. The lowest BCUT2D eigenvalue weighted by atomic mass is 10.3. The van der Waals surface area contributed by atoms with Crippen LogP contribution in [0.25, 0.3) is 0 Å². The van der Waals surface area contributed by atoms with E-state index in [1.54, 1.807) is 0 Å². The number of nitro benzene ring substituents is 1. The predicted molar refractivity (Wildman–Crippen MR) is 47.4 cm³/mol. The monoisotopic (exact) mass is 303 g/mol. The van der Waals surface area contributed by atoms with E-state index in [9.17, 15) is 27.7 Å². The highest BCUT2D eigenvalue weighted by Gasteiger charge is 2.34. The van der Waals surface area contributed by atoms with Gasteiger partial charge in [0.15, 0.2) is 5.75 Å². The zero-order chi connectivity index (χ0) is 12.5. The Labute approximate surface area is 94.1 Å². The van der Waals surface area contributed by atoms with Gasteiger partial charge in [-0.05, 0) is 28.1 Å². The maximum Gasteiger partial charge on any atom is 0.573 e. The molecule has 88 valence electrons. The second-order valence-corrected chi connectivity index (χ2v) is 3.37. The lowest BCUT2D eigenvalue weighted by Crippen LogP contribution is -2.18. The van der Waals surface area contributed by atoms with Gasteiger partial charge in [-0.1, -0.05) is 0 Å². The van der Waals surface area contributed by atoms with E-state index in [1.165, 1.54) is 0 Å². The number of hydrogen-bond donors (Lipinski definition) is 0. The van der Waals surface area contributed by atoms with Gasteiger partial charge in [-0.25, -0.2) is 0 Å². The van der Waals surface area contributed by atoms with Crippen LogP contribution in [0.4, 0.5) is 23.2 Å². The van der Waals surface area contributed by atoms with Crippen molar-refractivity contribution in [2.24, 2.45) is 0 Å². The first-order valence-corrected chi connectivity index (χ1v) is 4.40. The number of benzene rings is 1. The van der Waals surface area contributed by atoms with Crippen LogP contribution in [0, 0.1) is 15.9 Å². The van der Waals surface area contributed by atoms with Gasteiger partial charge in [-0.2, -0.15) is 4.39 Å². The highest BCUT2D eigenvalue weighted by Crippen LogP contribution is 2.35. The summed E-state index contributed by atoms with van der Waals surface area (Å²) in [4.78, 5) is 9.21. The van der Waals surface area contributed by atoms with Gasteiger partial charge in [0.1, 0.15) is 0 Å². The van der Waals surface area contributed by atoms with E-state index in [0.717, 1.165) is 6.07 Å². The molecule has 0 spiro atoms. The minimum Gasteiger partial charge on any atom is -0.402 e. The van der Waals surface area contributed by atoms with E-state index in [1.807, 2.05) is 0 Å². The molecule has 4 nitrogen and oxygen atoms in total. The standard InChI is InChI=1S/C7H2BrF4NO3/c8-3-1-2-4(16-7(10,11)12)5(9)6(3)13(14)15/h1-2H. The fourth-order valence-electron chi connectivity index (χ4n) is 0.893. The lowest BCUT2D eigenvalue weighted by molar-refractivity contribution is -0.388. The molecular weight excluding hydrogens is 302 g/mol. The zero-order valence-electron chi connectivity index (χ0n) is 7.22. The normalized spacial score (nSPS) is 11.3. The molecule has 1 aromatic carbocycles. The second kappa shape index (κ2) is 4.24. The van der Waals surface area contributed by atoms with Gasteiger partial charge >= 0.3 is 12.0 Å². The van der Waals surface area contributed by atoms with Gasteiger partial charge in [0.25, 0.3) is 0 Å². The average molecular weight is 304 g/mol. The molecule has 0 aliphatic heterocycles. The molecule has 0 aliphatic rings. The molecule has 0 saturated heterocycles. The summed E-state index contributed by atoms with van der Waals surface area (Å²) in [6.07, 6.45) is -5.11. The summed E-state index contributed by atoms with van der Waals surface area (Å²) in [6.45, 7) is 0. The van der Waals surface area contributed by atoms with Crippen molar-refractivity contribution in [1.82, 2.24) is 0 Å². The van der Waals surface area contributed by atoms with Crippen molar-refractivity contribution in [1.29, 1.82) is 0 Å². The molecule has 0 heterocycles. The van der Waals surface area contributed by atoms with Gasteiger partial charge in [0, 0.05) is 0 Å². The largest absolute Gasteiger partial charge is 0.573 e. The molecule has 1 rings (SSSR count). The summed E-state index contributed by atoms with van der Waals surface area (Å²) < 4.78 is 51.6. The molecule has 0 amide bonds. The minimum absolute atomic E-state index is 0.274. The smallest absolute Gasteiger partial charge is 0.402 e. The molecule has 0 fully saturated rings. The number of rotatable bonds is 2. The van der Waals surface area contributed by atoms with Crippen LogP contribution in [0.3, 0.4) is 0 Å². The van der Waals surface area contributed by atoms with Crippen LogP contribution >= 0.6 is 15.9 Å². The van der Waals surface area contributed by atoms with Crippen LogP contribution in [-0.4, -0.2) is 11.3 Å². The van der Waals surface area contributed by atoms with Gasteiger partial charge in [0.2, 0.25) is 5.82 Å². The maximum atomic E-state index is 13.2. The molecule has 0 atom stereocenters. The molecular formula is C7H2BrF4NO3. The molecule has 0 unspecified atom stereocenters. The SMILES string of the molecule is O=[N+]([O-])c1c(Br)ccc(OC(F)(F)F)c1F. The predicted octanol–water partition coefficient (Wildman–Crippen LogP) is 3.39. The van der Waals surface area contributed by atoms with Crippen LogP contribution in [0.1, 0.15) is 0 Å². The Morgan fingerprint density at radius 3 is 2.38 bits per heavy atom. The third-order valence-electron chi connectivity index (χ3n) is 1.44. The molecule has 16 heavy (non-hydrogen) atoms. The van der Waals surface area contributed by atoms with Crippen molar-refractivity contribution >= 4 is 21.6 Å². The van der Waals surface area contributed by atoms with E-state index >= 15 is 0 Å². The zero-order valence-corrected chi connectivity index (χ0v) is 8.80. The van der Waals surface area contributed by atoms with Crippen molar-refractivity contribution in [2.75, 3.05) is 0 Å². The molecule has 1 aromatic rings. The first-order valence-electron chi connectivity index (χ1n) is 3.60. The molecule has 0 bridgehead atoms. The summed E-state index contributed by atoms with van der Waals surface area (Å²) in [5, 5.41) is 10.4. The summed E-state index contributed by atoms with van der Waals surface area (Å²) in [7, 11) is 0. The van der Waals surface area contributed by atoms with Crippen LogP contribution in [0.5, 0.6) is 5.75 Å². The molecule has 0 aromatic heterocycles. The van der Waals surface area contributed by atoms with Crippen LogP contribution in [0.2, 0.25) is 0 Å². The summed E-state index contributed by atoms with van der Waals surface area (Å²) >= 11 is 2.64. The van der Waals surface area contributed by atoms with Gasteiger partial charge in [-0.15, -0.1) is 13.2 Å². The van der Waals surface area contributed by atoms with Gasteiger partial charge in [0.05, 0.1) is 9.40 Å². The number of nitrogens with zero attached hydrogens (tertiary/aromatic N) is 1. The Morgan fingerprint density at radius 2 is 1.94 bits per heavy atom. The first-order chi connectivity index (χ1) is 7.22. The molecule has 0 N–H and O–H groups in total. The Hall–Kier alpha value is -1.38. The van der Waals surface area contributed by atoms with Gasteiger partial charge in [-0.3, -0.25) is 10.1 Å². The van der Waals surface area contributed by atoms with E-state index in [0.29, 0.717) is 6.07 Å². The van der Waals surface area contributed by atoms with Crippen molar-refractivity contribution in [2.45, 2.75) is 6.36 Å². The number of hydrogen-bond acceptors (Lipinski definition) is 3. The number of alkyl halides is 3. The van der Waals surface area contributed by atoms with Crippen LogP contribution < -0.4 is 4.74 Å². The second-order valence-electron chi connectivity index (χ2n) is 2.51. The number of halogens is 5. The van der Waals surface area contributed by atoms with Crippen LogP contribution in [0.15, 0.2) is 16.6 Å². The van der Waals surface area contributed by atoms with Crippen molar-refractivity contribution in [3.63, 3.8) is 0 Å². The Morgan fingerprint density at radius 1 is 1.38 bits per heavy atom. The molecule has 9 heteroatoms. The number of nitro groups is 1. The van der Waals surface area contributed by atoms with Crippen molar-refractivity contribution in [3.05, 3.63) is 32.5 Å². The number of ether oxygens (including phenoxy) is 1.